The lowest BCUT2D eigenvalue weighted by atomic mass is 10.0. The van der Waals surface area contributed by atoms with E-state index in [0.29, 0.717) is 19.3 Å². The largest absolute Gasteiger partial charge is 0.462 e. The molecule has 1 unspecified atom stereocenters. The number of carbonyl (C=O) groups excluding carboxylic acids is 3. The minimum Gasteiger partial charge on any atom is -0.462 e. The normalized spacial score (nSPS) is 12.7. The SMILES string of the molecule is CC/C=C\C/C=C\C/C=C\C/C=C\C/C=C\CCCCCCCCCC(=O)OCC(COC(=O)CCCCCCCCCCCCCCCCCCCC)OC(=O)CCCCCCCCCC/C=C\C/C=C\C/C=C\CCCCCCC. The fourth-order valence-corrected chi connectivity index (χ4v) is 10.1. The Morgan fingerprint density at radius 1 is 0.256 bits per heavy atom. The van der Waals surface area contributed by atoms with E-state index in [2.05, 4.69) is 118 Å². The van der Waals surface area contributed by atoms with E-state index in [1.165, 1.54) is 193 Å². The zero-order valence-electron chi connectivity index (χ0n) is 54.2. The Morgan fingerprint density at radius 2 is 0.476 bits per heavy atom. The van der Waals surface area contributed by atoms with Gasteiger partial charge in [0.15, 0.2) is 6.10 Å². The van der Waals surface area contributed by atoms with Gasteiger partial charge in [-0.05, 0) is 103 Å². The molecule has 0 spiro atoms. The summed E-state index contributed by atoms with van der Waals surface area (Å²) in [7, 11) is 0. The number of rotatable bonds is 64. The first-order valence-electron chi connectivity index (χ1n) is 35.2. The van der Waals surface area contributed by atoms with Crippen molar-refractivity contribution in [3.8, 4) is 0 Å². The molecule has 0 aromatic carbocycles. The van der Waals surface area contributed by atoms with Crippen LogP contribution in [0.4, 0.5) is 0 Å². The predicted octanol–water partition coefficient (Wildman–Crippen LogP) is 24.4. The number of ether oxygens (including phenoxy) is 3. The highest BCUT2D eigenvalue weighted by Crippen LogP contribution is 2.17. The first-order chi connectivity index (χ1) is 40.5. The summed E-state index contributed by atoms with van der Waals surface area (Å²) < 4.78 is 17.0. The van der Waals surface area contributed by atoms with E-state index in [1.807, 2.05) is 0 Å². The van der Waals surface area contributed by atoms with Crippen molar-refractivity contribution in [2.24, 2.45) is 0 Å². The van der Waals surface area contributed by atoms with Gasteiger partial charge < -0.3 is 14.2 Å². The molecule has 472 valence electrons. The highest BCUT2D eigenvalue weighted by Gasteiger charge is 2.19. The number of unbranched alkanes of at least 4 members (excludes halogenated alkanes) is 37. The van der Waals surface area contributed by atoms with Crippen molar-refractivity contribution >= 4 is 17.9 Å². The lowest BCUT2D eigenvalue weighted by molar-refractivity contribution is -0.167. The molecule has 0 rings (SSSR count). The molecule has 0 saturated carbocycles. The molecule has 0 amide bonds. The van der Waals surface area contributed by atoms with Crippen molar-refractivity contribution in [1.82, 2.24) is 0 Å². The van der Waals surface area contributed by atoms with Crippen LogP contribution in [0.3, 0.4) is 0 Å². The number of esters is 3. The van der Waals surface area contributed by atoms with Gasteiger partial charge in [0.05, 0.1) is 0 Å². The summed E-state index contributed by atoms with van der Waals surface area (Å²) in [6, 6.07) is 0. The lowest BCUT2D eigenvalue weighted by Crippen LogP contribution is -2.30. The van der Waals surface area contributed by atoms with Gasteiger partial charge in [-0.3, -0.25) is 14.4 Å². The number of hydrogen-bond donors (Lipinski definition) is 0. The van der Waals surface area contributed by atoms with Crippen LogP contribution in [-0.4, -0.2) is 37.2 Å². The van der Waals surface area contributed by atoms with Gasteiger partial charge in [-0.15, -0.1) is 0 Å². The highest BCUT2D eigenvalue weighted by molar-refractivity contribution is 5.71. The molecule has 0 aliphatic rings. The fraction of sp³-hybridized carbons (Fsp3) is 0.750. The molecule has 0 aliphatic carbocycles. The summed E-state index contributed by atoms with van der Waals surface area (Å²) in [4.78, 5) is 38.5. The van der Waals surface area contributed by atoms with E-state index < -0.39 is 6.10 Å². The van der Waals surface area contributed by atoms with Crippen molar-refractivity contribution in [2.45, 2.75) is 354 Å². The molecule has 6 nitrogen and oxygen atoms in total. The van der Waals surface area contributed by atoms with Gasteiger partial charge in [0.1, 0.15) is 13.2 Å². The summed E-state index contributed by atoms with van der Waals surface area (Å²) >= 11 is 0. The van der Waals surface area contributed by atoms with Crippen LogP contribution in [0.5, 0.6) is 0 Å². The third-order valence-corrected chi connectivity index (χ3v) is 15.3. The second-order valence-corrected chi connectivity index (χ2v) is 23.4. The van der Waals surface area contributed by atoms with Crippen LogP contribution in [0.2, 0.25) is 0 Å². The van der Waals surface area contributed by atoms with Crippen LogP contribution in [0.25, 0.3) is 0 Å². The first kappa shape index (κ1) is 78.3. The van der Waals surface area contributed by atoms with E-state index in [-0.39, 0.29) is 31.1 Å². The summed E-state index contributed by atoms with van der Waals surface area (Å²) in [6.45, 7) is 6.55. The van der Waals surface area contributed by atoms with E-state index in [4.69, 9.17) is 14.2 Å². The van der Waals surface area contributed by atoms with E-state index >= 15 is 0 Å². The molecule has 0 bridgehead atoms. The maximum Gasteiger partial charge on any atom is 0.306 e. The Bertz CT molecular complexity index is 1590. The van der Waals surface area contributed by atoms with Crippen molar-refractivity contribution in [3.05, 3.63) is 97.2 Å². The molecule has 1 atom stereocenters. The van der Waals surface area contributed by atoms with Gasteiger partial charge in [0.2, 0.25) is 0 Å². The molecule has 0 heterocycles. The van der Waals surface area contributed by atoms with Crippen molar-refractivity contribution in [1.29, 1.82) is 0 Å². The maximum atomic E-state index is 13.0. The predicted molar refractivity (Wildman–Crippen MR) is 357 cm³/mol. The Balaban J connectivity index is 4.41. The van der Waals surface area contributed by atoms with E-state index in [0.717, 1.165) is 116 Å². The molecule has 0 radical (unpaired) electrons. The zero-order valence-corrected chi connectivity index (χ0v) is 54.2. The van der Waals surface area contributed by atoms with E-state index in [1.54, 1.807) is 0 Å². The molecule has 6 heteroatoms. The number of allylic oxidation sites excluding steroid dienone is 16. The van der Waals surface area contributed by atoms with Crippen LogP contribution in [0.1, 0.15) is 348 Å². The first-order valence-corrected chi connectivity index (χ1v) is 35.2. The quantitative estimate of drug-likeness (QED) is 0.0261. The molecule has 0 saturated heterocycles. The summed E-state index contributed by atoms with van der Waals surface area (Å²) in [5, 5.41) is 0. The summed E-state index contributed by atoms with van der Waals surface area (Å²) in [5.74, 6) is -0.882. The molecule has 0 aromatic heterocycles. The standard InChI is InChI=1S/C76H132O6/c1-4-7-10-13-16-19-22-25-28-31-34-36-38-40-42-45-48-51-54-57-60-63-66-69-75(78)81-72-73(71-80-74(77)68-65-62-59-56-53-50-47-44-33-30-27-24-21-18-15-12-9-6-3)82-76(79)70-67-64-61-58-55-52-49-46-43-41-39-37-35-32-29-26-23-20-17-14-11-8-5-2/h7,10,16,19,23,25-26,28,32,34-36,39-42,73H,4-6,8-9,11-15,17-18,20-22,24,27,29-31,33,37-38,43-72H2,1-3H3/b10-7-,19-16-,26-23-,28-25-,35-32-,36-34-,41-39-,42-40-. The van der Waals surface area contributed by atoms with Gasteiger partial charge >= 0.3 is 17.9 Å². The highest BCUT2D eigenvalue weighted by atomic mass is 16.6. The zero-order chi connectivity index (χ0) is 59.2. The van der Waals surface area contributed by atoms with Gasteiger partial charge in [-0.1, -0.05) is 323 Å². The fourth-order valence-electron chi connectivity index (χ4n) is 10.1. The molecular formula is C76H132O6. The number of hydrogen-bond acceptors (Lipinski definition) is 6. The monoisotopic (exact) mass is 1140 g/mol. The van der Waals surface area contributed by atoms with Crippen LogP contribution in [0.15, 0.2) is 97.2 Å². The molecule has 82 heavy (non-hydrogen) atoms. The molecule has 0 aliphatic heterocycles. The maximum absolute atomic E-state index is 13.0. The lowest BCUT2D eigenvalue weighted by Gasteiger charge is -2.18. The van der Waals surface area contributed by atoms with Gasteiger partial charge in [-0.2, -0.15) is 0 Å². The molecule has 0 aromatic rings. The van der Waals surface area contributed by atoms with Crippen LogP contribution in [-0.2, 0) is 28.6 Å². The summed E-state index contributed by atoms with van der Waals surface area (Å²) in [6.07, 6.45) is 94.2. The number of carbonyl (C=O) groups is 3. The van der Waals surface area contributed by atoms with Crippen LogP contribution < -0.4 is 0 Å². The Hall–Kier alpha value is -3.67. The second kappa shape index (κ2) is 69.8. The van der Waals surface area contributed by atoms with Gasteiger partial charge in [-0.25, -0.2) is 0 Å². The molecule has 0 N–H and O–H groups in total. The van der Waals surface area contributed by atoms with Gasteiger partial charge in [0, 0.05) is 19.3 Å². The van der Waals surface area contributed by atoms with Crippen molar-refractivity contribution in [3.63, 3.8) is 0 Å². The third kappa shape index (κ3) is 67.1. The minimum absolute atomic E-state index is 0.0813. The Morgan fingerprint density at radius 3 is 0.744 bits per heavy atom. The van der Waals surface area contributed by atoms with Gasteiger partial charge in [0.25, 0.3) is 0 Å². The topological polar surface area (TPSA) is 78.9 Å². The van der Waals surface area contributed by atoms with Crippen molar-refractivity contribution in [2.75, 3.05) is 13.2 Å². The van der Waals surface area contributed by atoms with Crippen LogP contribution in [0, 0.1) is 0 Å². The second-order valence-electron chi connectivity index (χ2n) is 23.4. The smallest absolute Gasteiger partial charge is 0.306 e. The third-order valence-electron chi connectivity index (χ3n) is 15.3. The van der Waals surface area contributed by atoms with Crippen molar-refractivity contribution < 1.29 is 28.6 Å². The van der Waals surface area contributed by atoms with Crippen LogP contribution >= 0.6 is 0 Å². The molecule has 0 fully saturated rings. The Labute approximate surface area is 508 Å². The average molecular weight is 1140 g/mol. The average Bonchev–Trinajstić information content (AvgIpc) is 3.47. The Kier molecular flexibility index (Phi) is 66.7. The van der Waals surface area contributed by atoms with E-state index in [9.17, 15) is 14.4 Å². The minimum atomic E-state index is -0.788. The molecular weight excluding hydrogens is 1010 g/mol. The summed E-state index contributed by atoms with van der Waals surface area (Å²) in [5.41, 5.74) is 0.